The molecule has 34 heavy (non-hydrogen) atoms. The zero-order valence-electron chi connectivity index (χ0n) is 18.5. The lowest BCUT2D eigenvalue weighted by Gasteiger charge is -2.33. The lowest BCUT2D eigenvalue weighted by atomic mass is 9.84. The molecule has 2 aliphatic rings. The summed E-state index contributed by atoms with van der Waals surface area (Å²) in [5.41, 5.74) is -0.425. The van der Waals surface area contributed by atoms with Gasteiger partial charge in [0, 0.05) is 18.5 Å². The maximum absolute atomic E-state index is 13.4. The van der Waals surface area contributed by atoms with Gasteiger partial charge in [-0.05, 0) is 25.1 Å². The molecule has 4 amide bonds. The summed E-state index contributed by atoms with van der Waals surface area (Å²) in [4.78, 5) is 61.2. The maximum Gasteiger partial charge on any atom is 0.325 e. The van der Waals surface area contributed by atoms with Crippen molar-refractivity contribution < 1.29 is 19.1 Å². The molecule has 2 N–H and O–H groups in total. The van der Waals surface area contributed by atoms with E-state index in [1.54, 1.807) is 55.5 Å². The number of hydrogen-bond donors (Lipinski definition) is 2. The van der Waals surface area contributed by atoms with E-state index in [-0.39, 0.29) is 25.1 Å². The van der Waals surface area contributed by atoms with Crippen LogP contribution in [0.4, 0.5) is 4.79 Å². The zero-order chi connectivity index (χ0) is 23.9. The number of nitrogens with one attached hydrogen (secondary N) is 2. The molecule has 2 aliphatic heterocycles. The predicted molar refractivity (Wildman–Crippen MR) is 122 cm³/mol. The van der Waals surface area contributed by atoms with Crippen LogP contribution < -0.4 is 15.6 Å². The van der Waals surface area contributed by atoms with Crippen LogP contribution in [0.3, 0.4) is 0 Å². The number of para-hydroxylation sites is 2. The van der Waals surface area contributed by atoms with Crippen LogP contribution in [0.2, 0.25) is 0 Å². The van der Waals surface area contributed by atoms with E-state index in [4.69, 9.17) is 4.74 Å². The van der Waals surface area contributed by atoms with Gasteiger partial charge in [-0.2, -0.15) is 0 Å². The number of urea groups is 1. The Kier molecular flexibility index (Phi) is 5.27. The van der Waals surface area contributed by atoms with Gasteiger partial charge in [0.1, 0.15) is 18.1 Å². The van der Waals surface area contributed by atoms with Gasteiger partial charge in [0.15, 0.2) is 5.54 Å². The average molecular weight is 461 g/mol. The molecule has 3 heterocycles. The fourth-order valence-corrected chi connectivity index (χ4v) is 4.52. The quantitative estimate of drug-likeness (QED) is 0.555. The maximum atomic E-state index is 13.4. The number of likely N-dealkylation sites (N-methyl/N-ethyl adjacent to an activating group) is 1. The first kappa shape index (κ1) is 21.6. The normalized spacial score (nSPS) is 19.1. The number of amides is 4. The van der Waals surface area contributed by atoms with Gasteiger partial charge in [0.25, 0.3) is 11.5 Å². The number of ether oxygens (including phenoxy) is 1. The van der Waals surface area contributed by atoms with Gasteiger partial charge >= 0.3 is 6.03 Å². The number of H-pyrrole nitrogens is 1. The van der Waals surface area contributed by atoms with Crippen LogP contribution in [0.1, 0.15) is 24.7 Å². The van der Waals surface area contributed by atoms with Crippen molar-refractivity contribution in [1.29, 1.82) is 0 Å². The molecule has 0 saturated carbocycles. The first-order chi connectivity index (χ1) is 16.4. The fourth-order valence-electron chi connectivity index (χ4n) is 4.52. The standard InChI is InChI=1S/C24H23N5O5/c1-2-28(13-19-25-17-9-5-3-7-15(17)21(31)26-19)20(30)14-29-22(32)24(27-23(29)33)11-12-34-18-10-6-4-8-16(18)24/h3-10H,2,11-14H2,1H3,(H,27,33)(H,25,26,31). The highest BCUT2D eigenvalue weighted by Crippen LogP contribution is 2.40. The molecule has 3 aromatic rings. The van der Waals surface area contributed by atoms with Crippen molar-refractivity contribution in [2.24, 2.45) is 0 Å². The number of aromatic amines is 1. The second-order valence-corrected chi connectivity index (χ2v) is 8.26. The zero-order valence-corrected chi connectivity index (χ0v) is 18.5. The second kappa shape index (κ2) is 8.29. The second-order valence-electron chi connectivity index (χ2n) is 8.26. The first-order valence-electron chi connectivity index (χ1n) is 11.0. The van der Waals surface area contributed by atoms with Gasteiger partial charge in [-0.15, -0.1) is 0 Å². The number of carbonyl (C=O) groups is 3. The van der Waals surface area contributed by atoms with E-state index in [0.717, 1.165) is 4.90 Å². The number of hydrogen-bond acceptors (Lipinski definition) is 6. The molecule has 10 heteroatoms. The molecule has 5 rings (SSSR count). The number of rotatable bonds is 5. The molecule has 1 atom stereocenters. The topological polar surface area (TPSA) is 125 Å². The Morgan fingerprint density at radius 2 is 1.91 bits per heavy atom. The molecular formula is C24H23N5O5. The van der Waals surface area contributed by atoms with E-state index in [0.29, 0.717) is 34.6 Å². The van der Waals surface area contributed by atoms with E-state index in [2.05, 4.69) is 15.3 Å². The summed E-state index contributed by atoms with van der Waals surface area (Å²) in [5.74, 6) is -0.0443. The van der Waals surface area contributed by atoms with Gasteiger partial charge in [0.2, 0.25) is 5.91 Å². The summed E-state index contributed by atoms with van der Waals surface area (Å²) in [5, 5.41) is 3.25. The molecule has 1 saturated heterocycles. The summed E-state index contributed by atoms with van der Waals surface area (Å²) in [6.07, 6.45) is 0.277. The van der Waals surface area contributed by atoms with E-state index in [9.17, 15) is 19.2 Å². The summed E-state index contributed by atoms with van der Waals surface area (Å²) >= 11 is 0. The number of imide groups is 1. The molecular weight excluding hydrogens is 438 g/mol. The monoisotopic (exact) mass is 461 g/mol. The Hall–Kier alpha value is -4.21. The highest BCUT2D eigenvalue weighted by molar-refractivity contribution is 6.09. The Balaban J connectivity index is 1.36. The molecule has 0 bridgehead atoms. The number of fused-ring (bicyclic) bond motifs is 3. The third kappa shape index (κ3) is 3.47. The smallest absolute Gasteiger partial charge is 0.325 e. The molecule has 174 valence electrons. The van der Waals surface area contributed by atoms with Crippen LogP contribution in [0.15, 0.2) is 53.3 Å². The molecule has 1 spiro atoms. The number of aromatic nitrogens is 2. The van der Waals surface area contributed by atoms with Crippen LogP contribution in [0, 0.1) is 0 Å². The summed E-state index contributed by atoms with van der Waals surface area (Å²) in [6, 6.07) is 13.4. The molecule has 10 nitrogen and oxygen atoms in total. The van der Waals surface area contributed by atoms with Gasteiger partial charge in [-0.1, -0.05) is 30.3 Å². The van der Waals surface area contributed by atoms with Crippen molar-refractivity contribution in [2.45, 2.75) is 25.4 Å². The van der Waals surface area contributed by atoms with Crippen molar-refractivity contribution in [3.05, 3.63) is 70.3 Å². The number of nitrogens with zero attached hydrogens (tertiary/aromatic N) is 3. The van der Waals surface area contributed by atoms with Crippen molar-refractivity contribution in [1.82, 2.24) is 25.1 Å². The molecule has 0 radical (unpaired) electrons. The van der Waals surface area contributed by atoms with Gasteiger partial charge in [-0.25, -0.2) is 9.78 Å². The van der Waals surface area contributed by atoms with E-state index in [1.807, 2.05) is 0 Å². The molecule has 0 aliphatic carbocycles. The van der Waals surface area contributed by atoms with Crippen molar-refractivity contribution in [3.63, 3.8) is 0 Å². The van der Waals surface area contributed by atoms with E-state index in [1.165, 1.54) is 4.90 Å². The minimum absolute atomic E-state index is 0.0425. The number of benzene rings is 2. The fraction of sp³-hybridized carbons (Fsp3) is 0.292. The van der Waals surface area contributed by atoms with Crippen LogP contribution >= 0.6 is 0 Å². The first-order valence-corrected chi connectivity index (χ1v) is 11.0. The average Bonchev–Trinajstić information content (AvgIpc) is 3.07. The third-order valence-electron chi connectivity index (χ3n) is 6.29. The highest BCUT2D eigenvalue weighted by Gasteiger charge is 2.55. The molecule has 1 unspecified atom stereocenters. The van der Waals surface area contributed by atoms with Crippen LogP contribution in [0.5, 0.6) is 5.75 Å². The van der Waals surface area contributed by atoms with E-state index >= 15 is 0 Å². The van der Waals surface area contributed by atoms with Crippen LogP contribution in [0.25, 0.3) is 10.9 Å². The number of carbonyl (C=O) groups excluding carboxylic acids is 3. The van der Waals surface area contributed by atoms with Crippen molar-refractivity contribution in [2.75, 3.05) is 19.7 Å². The Labute approximate surface area is 194 Å². The van der Waals surface area contributed by atoms with Gasteiger partial charge in [0.05, 0.1) is 24.1 Å². The van der Waals surface area contributed by atoms with Gasteiger partial charge < -0.3 is 19.9 Å². The van der Waals surface area contributed by atoms with Gasteiger partial charge in [-0.3, -0.25) is 19.3 Å². The minimum Gasteiger partial charge on any atom is -0.493 e. The molecule has 2 aromatic carbocycles. The van der Waals surface area contributed by atoms with Crippen LogP contribution in [-0.4, -0.2) is 57.3 Å². The lowest BCUT2D eigenvalue weighted by Crippen LogP contribution is -2.48. The van der Waals surface area contributed by atoms with Crippen LogP contribution in [-0.2, 0) is 21.7 Å². The summed E-state index contributed by atoms with van der Waals surface area (Å²) in [7, 11) is 0. The third-order valence-corrected chi connectivity index (χ3v) is 6.29. The van der Waals surface area contributed by atoms with E-state index < -0.39 is 29.9 Å². The Bertz CT molecular complexity index is 1370. The SMILES string of the molecule is CCN(Cc1nc2ccccc2c(=O)[nH]1)C(=O)CN1C(=O)NC2(CCOc3ccccc32)C1=O. The predicted octanol–water partition coefficient (Wildman–Crippen LogP) is 1.50. The van der Waals surface area contributed by atoms with Crippen molar-refractivity contribution >= 4 is 28.7 Å². The highest BCUT2D eigenvalue weighted by atomic mass is 16.5. The minimum atomic E-state index is -1.24. The lowest BCUT2D eigenvalue weighted by molar-refractivity contribution is -0.140. The Morgan fingerprint density at radius 1 is 1.15 bits per heavy atom. The van der Waals surface area contributed by atoms with Crippen molar-refractivity contribution in [3.8, 4) is 5.75 Å². The Morgan fingerprint density at radius 3 is 2.74 bits per heavy atom. The molecule has 1 fully saturated rings. The molecule has 1 aromatic heterocycles. The summed E-state index contributed by atoms with van der Waals surface area (Å²) < 4.78 is 5.64. The summed E-state index contributed by atoms with van der Waals surface area (Å²) in [6.45, 7) is 1.98. The largest absolute Gasteiger partial charge is 0.493 e.